The SMILES string of the molecule is ClCC=Cc1ccc2ncc(Cl)nc2c1. The van der Waals surface area contributed by atoms with Gasteiger partial charge in [-0.15, -0.1) is 11.6 Å². The molecule has 0 saturated heterocycles. The monoisotopic (exact) mass is 238 g/mol. The third kappa shape index (κ3) is 2.46. The molecule has 1 aromatic heterocycles. The molecule has 0 spiro atoms. The Balaban J connectivity index is 2.49. The number of allylic oxidation sites excluding steroid dienone is 1. The Morgan fingerprint density at radius 3 is 2.93 bits per heavy atom. The number of hydrogen-bond donors (Lipinski definition) is 0. The smallest absolute Gasteiger partial charge is 0.148 e. The van der Waals surface area contributed by atoms with Crippen LogP contribution in [0.2, 0.25) is 5.15 Å². The third-order valence-electron chi connectivity index (χ3n) is 1.94. The Morgan fingerprint density at radius 1 is 1.27 bits per heavy atom. The molecule has 0 aliphatic rings. The maximum Gasteiger partial charge on any atom is 0.148 e. The van der Waals surface area contributed by atoms with Crippen LogP contribution in [0.5, 0.6) is 0 Å². The number of rotatable bonds is 2. The van der Waals surface area contributed by atoms with Crippen LogP contribution in [0.15, 0.2) is 30.5 Å². The molecule has 0 unspecified atom stereocenters. The fourth-order valence-corrected chi connectivity index (χ4v) is 1.52. The van der Waals surface area contributed by atoms with Gasteiger partial charge in [-0.25, -0.2) is 4.98 Å². The second-order valence-corrected chi connectivity index (χ2v) is 3.69. The van der Waals surface area contributed by atoms with Gasteiger partial charge in [-0.05, 0) is 17.7 Å². The molecule has 1 aromatic carbocycles. The largest absolute Gasteiger partial charge is 0.251 e. The zero-order valence-electron chi connectivity index (χ0n) is 7.82. The number of nitrogens with zero attached hydrogens (tertiary/aromatic N) is 2. The van der Waals surface area contributed by atoms with Gasteiger partial charge in [-0.3, -0.25) is 4.98 Å². The van der Waals surface area contributed by atoms with E-state index in [1.165, 1.54) is 6.20 Å². The Morgan fingerprint density at radius 2 is 2.13 bits per heavy atom. The second-order valence-electron chi connectivity index (χ2n) is 3.00. The Hall–Kier alpha value is -1.12. The predicted molar refractivity (Wildman–Crippen MR) is 64.3 cm³/mol. The first kappa shape index (κ1) is 10.4. The maximum atomic E-state index is 5.76. The first-order valence-electron chi connectivity index (χ1n) is 4.44. The molecule has 0 aliphatic heterocycles. The topological polar surface area (TPSA) is 25.8 Å². The van der Waals surface area contributed by atoms with Gasteiger partial charge >= 0.3 is 0 Å². The van der Waals surface area contributed by atoms with Crippen LogP contribution in [0.25, 0.3) is 17.1 Å². The predicted octanol–water partition coefficient (Wildman–Crippen LogP) is 3.54. The quantitative estimate of drug-likeness (QED) is 0.749. The minimum absolute atomic E-state index is 0.404. The molecule has 0 aliphatic carbocycles. The Labute approximate surface area is 97.6 Å². The number of fused-ring (bicyclic) bond motifs is 1. The number of halogens is 2. The van der Waals surface area contributed by atoms with Gasteiger partial charge in [0.1, 0.15) is 5.15 Å². The zero-order chi connectivity index (χ0) is 10.7. The van der Waals surface area contributed by atoms with Crippen LogP contribution in [0.1, 0.15) is 5.56 Å². The van der Waals surface area contributed by atoms with E-state index in [2.05, 4.69) is 9.97 Å². The van der Waals surface area contributed by atoms with Crippen molar-refractivity contribution in [2.45, 2.75) is 0 Å². The molecule has 0 atom stereocenters. The summed E-state index contributed by atoms with van der Waals surface area (Å²) in [5.74, 6) is 0.499. The van der Waals surface area contributed by atoms with Crippen LogP contribution >= 0.6 is 23.2 Å². The van der Waals surface area contributed by atoms with Gasteiger partial charge in [0.05, 0.1) is 17.2 Å². The number of aromatic nitrogens is 2. The first-order chi connectivity index (χ1) is 7.29. The van der Waals surface area contributed by atoms with E-state index in [9.17, 15) is 0 Å². The highest BCUT2D eigenvalue weighted by atomic mass is 35.5. The van der Waals surface area contributed by atoms with Crippen molar-refractivity contribution in [3.63, 3.8) is 0 Å². The number of benzene rings is 1. The molecule has 0 fully saturated rings. The highest BCUT2D eigenvalue weighted by Gasteiger charge is 1.98. The van der Waals surface area contributed by atoms with Crippen molar-refractivity contribution in [1.29, 1.82) is 0 Å². The normalized spacial score (nSPS) is 11.3. The van der Waals surface area contributed by atoms with Crippen molar-refractivity contribution >= 4 is 40.3 Å². The summed E-state index contributed by atoms with van der Waals surface area (Å²) in [5.41, 5.74) is 2.67. The summed E-state index contributed by atoms with van der Waals surface area (Å²) < 4.78 is 0. The molecule has 1 heterocycles. The molecular weight excluding hydrogens is 231 g/mol. The minimum atomic E-state index is 0.404. The molecule has 15 heavy (non-hydrogen) atoms. The van der Waals surface area contributed by atoms with Crippen molar-refractivity contribution in [2.24, 2.45) is 0 Å². The maximum absolute atomic E-state index is 5.76. The third-order valence-corrected chi connectivity index (χ3v) is 2.30. The summed E-state index contributed by atoms with van der Waals surface area (Å²) in [6.07, 6.45) is 5.36. The van der Waals surface area contributed by atoms with Crippen molar-refractivity contribution in [2.75, 3.05) is 5.88 Å². The molecule has 0 saturated carbocycles. The Bertz CT molecular complexity index is 509. The molecule has 76 valence electrons. The molecule has 4 heteroatoms. The van der Waals surface area contributed by atoms with Gasteiger partial charge in [0.15, 0.2) is 0 Å². The lowest BCUT2D eigenvalue weighted by Gasteiger charge is -1.98. The fraction of sp³-hybridized carbons (Fsp3) is 0.0909. The van der Waals surface area contributed by atoms with Gasteiger partial charge < -0.3 is 0 Å². The molecule has 0 bridgehead atoms. The lowest BCUT2D eigenvalue weighted by Crippen LogP contribution is -1.84. The van der Waals surface area contributed by atoms with Crippen LogP contribution in [-0.4, -0.2) is 15.8 Å². The standard InChI is InChI=1S/C11H8Cl2N2/c12-5-1-2-8-3-4-9-10(6-8)15-11(13)7-14-9/h1-4,6-7H,5H2. The average Bonchev–Trinajstić information content (AvgIpc) is 2.25. The summed E-state index contributed by atoms with van der Waals surface area (Å²) in [5, 5.41) is 0.404. The van der Waals surface area contributed by atoms with Crippen LogP contribution in [0.4, 0.5) is 0 Å². The molecular formula is C11H8Cl2N2. The van der Waals surface area contributed by atoms with E-state index in [0.29, 0.717) is 11.0 Å². The van der Waals surface area contributed by atoms with E-state index < -0.39 is 0 Å². The van der Waals surface area contributed by atoms with Crippen LogP contribution in [0, 0.1) is 0 Å². The molecule has 0 radical (unpaired) electrons. The molecule has 2 aromatic rings. The minimum Gasteiger partial charge on any atom is -0.251 e. The van der Waals surface area contributed by atoms with Gasteiger partial charge in [0.2, 0.25) is 0 Å². The summed E-state index contributed by atoms with van der Waals surface area (Å²) in [6, 6.07) is 5.80. The van der Waals surface area contributed by atoms with Gasteiger partial charge in [-0.2, -0.15) is 0 Å². The van der Waals surface area contributed by atoms with Gasteiger partial charge in [0, 0.05) is 5.88 Å². The van der Waals surface area contributed by atoms with Gasteiger partial charge in [-0.1, -0.05) is 29.8 Å². The van der Waals surface area contributed by atoms with E-state index in [0.717, 1.165) is 16.6 Å². The van der Waals surface area contributed by atoms with E-state index in [1.807, 2.05) is 30.4 Å². The highest BCUT2D eigenvalue weighted by molar-refractivity contribution is 6.29. The fourth-order valence-electron chi connectivity index (χ4n) is 1.29. The average molecular weight is 239 g/mol. The van der Waals surface area contributed by atoms with Gasteiger partial charge in [0.25, 0.3) is 0 Å². The summed E-state index contributed by atoms with van der Waals surface area (Å²) in [6.45, 7) is 0. The lowest BCUT2D eigenvalue weighted by molar-refractivity contribution is 1.29. The molecule has 2 rings (SSSR count). The van der Waals surface area contributed by atoms with Crippen molar-refractivity contribution in [1.82, 2.24) is 9.97 Å². The second kappa shape index (κ2) is 4.60. The van der Waals surface area contributed by atoms with E-state index >= 15 is 0 Å². The van der Waals surface area contributed by atoms with Crippen molar-refractivity contribution in [3.05, 3.63) is 41.2 Å². The van der Waals surface area contributed by atoms with E-state index in [1.54, 1.807) is 0 Å². The molecule has 0 amide bonds. The number of alkyl halides is 1. The van der Waals surface area contributed by atoms with Crippen LogP contribution < -0.4 is 0 Å². The van der Waals surface area contributed by atoms with E-state index in [4.69, 9.17) is 23.2 Å². The van der Waals surface area contributed by atoms with Crippen molar-refractivity contribution < 1.29 is 0 Å². The summed E-state index contributed by atoms with van der Waals surface area (Å²) in [7, 11) is 0. The lowest BCUT2D eigenvalue weighted by atomic mass is 10.2. The first-order valence-corrected chi connectivity index (χ1v) is 5.35. The Kier molecular flexibility index (Phi) is 3.19. The zero-order valence-corrected chi connectivity index (χ0v) is 9.33. The molecule has 2 nitrogen and oxygen atoms in total. The highest BCUT2D eigenvalue weighted by Crippen LogP contribution is 2.15. The molecule has 0 N–H and O–H groups in total. The van der Waals surface area contributed by atoms with E-state index in [-0.39, 0.29) is 0 Å². The number of hydrogen-bond acceptors (Lipinski definition) is 2. The van der Waals surface area contributed by atoms with Crippen molar-refractivity contribution in [3.8, 4) is 0 Å². The summed E-state index contributed by atoms with van der Waals surface area (Å²) >= 11 is 11.3. The van der Waals surface area contributed by atoms with Crippen LogP contribution in [-0.2, 0) is 0 Å². The van der Waals surface area contributed by atoms with Crippen LogP contribution in [0.3, 0.4) is 0 Å². The summed E-state index contributed by atoms with van der Waals surface area (Å²) in [4.78, 5) is 8.34.